The molecule has 0 spiro atoms. The number of esters is 2. The van der Waals surface area contributed by atoms with Crippen LogP contribution in [0.15, 0.2) is 12.2 Å². The molecule has 0 saturated carbocycles. The molecule has 0 fully saturated rings. The Morgan fingerprint density at radius 2 is 1.43 bits per heavy atom. The number of unbranched alkanes of at least 4 members (excludes halogenated alkanes) is 4. The molecule has 0 aliphatic heterocycles. The zero-order valence-corrected chi connectivity index (χ0v) is 13.9. The minimum absolute atomic E-state index is 0. The Labute approximate surface area is 137 Å². The number of hydrogen-bond donors (Lipinski definition) is 2. The van der Waals surface area contributed by atoms with E-state index in [1.807, 2.05) is 0 Å². The van der Waals surface area contributed by atoms with Gasteiger partial charge in [-0.25, -0.2) is 4.79 Å². The van der Waals surface area contributed by atoms with Gasteiger partial charge >= 0.3 is 17.9 Å². The summed E-state index contributed by atoms with van der Waals surface area (Å²) in [5, 5.41) is 8.47. The molecule has 0 rings (SSSR count). The van der Waals surface area contributed by atoms with Crippen LogP contribution < -0.4 is 6.15 Å². The zero-order valence-electron chi connectivity index (χ0n) is 13.9. The lowest BCUT2D eigenvalue weighted by Crippen LogP contribution is -2.07. The van der Waals surface area contributed by atoms with Crippen molar-refractivity contribution in [2.45, 2.75) is 58.3 Å². The van der Waals surface area contributed by atoms with E-state index in [2.05, 4.69) is 0 Å². The highest BCUT2D eigenvalue weighted by molar-refractivity contribution is 5.81. The van der Waals surface area contributed by atoms with E-state index < -0.39 is 5.97 Å². The smallest absolute Gasteiger partial charge is 0.330 e. The predicted octanol–water partition coefficient (Wildman–Crippen LogP) is 3.02. The number of carbonyl (C=O) groups is 3. The van der Waals surface area contributed by atoms with Gasteiger partial charge in [0.25, 0.3) is 0 Å². The molecule has 0 aliphatic rings. The summed E-state index contributed by atoms with van der Waals surface area (Å²) in [4.78, 5) is 32.7. The van der Waals surface area contributed by atoms with E-state index in [0.717, 1.165) is 19.3 Å². The average Bonchev–Trinajstić information content (AvgIpc) is 2.46. The molecule has 0 aromatic carbocycles. The number of aliphatic carboxylic acids is 1. The topological polar surface area (TPSA) is 125 Å². The van der Waals surface area contributed by atoms with Gasteiger partial charge in [-0.1, -0.05) is 18.9 Å². The van der Waals surface area contributed by atoms with E-state index in [0.29, 0.717) is 38.9 Å². The summed E-state index contributed by atoms with van der Waals surface area (Å²) in [7, 11) is 0. The first-order valence-electron chi connectivity index (χ1n) is 7.73. The number of rotatable bonds is 13. The van der Waals surface area contributed by atoms with Crippen LogP contribution in [0.3, 0.4) is 0 Å². The third-order valence-electron chi connectivity index (χ3n) is 2.87. The van der Waals surface area contributed by atoms with E-state index in [1.54, 1.807) is 13.0 Å². The molecule has 7 heteroatoms. The van der Waals surface area contributed by atoms with Gasteiger partial charge < -0.3 is 20.7 Å². The van der Waals surface area contributed by atoms with Crippen LogP contribution in [0, 0.1) is 0 Å². The minimum Gasteiger partial charge on any atom is -0.481 e. The first kappa shape index (κ1) is 23.4. The number of carboxylic acids is 1. The summed E-state index contributed by atoms with van der Waals surface area (Å²) in [5.74, 6) is -1.37. The molecule has 0 bridgehead atoms. The summed E-state index contributed by atoms with van der Waals surface area (Å²) in [5.41, 5.74) is 0. The maximum absolute atomic E-state index is 11.4. The second kappa shape index (κ2) is 16.5. The number of ether oxygens (including phenoxy) is 2. The third kappa shape index (κ3) is 18.1. The second-order valence-electron chi connectivity index (χ2n) is 4.90. The highest BCUT2D eigenvalue weighted by Crippen LogP contribution is 2.06. The fourth-order valence-electron chi connectivity index (χ4n) is 1.72. The van der Waals surface area contributed by atoms with Crippen LogP contribution >= 0.6 is 0 Å². The first-order valence-corrected chi connectivity index (χ1v) is 7.73. The van der Waals surface area contributed by atoms with E-state index in [1.165, 1.54) is 6.08 Å². The summed E-state index contributed by atoms with van der Waals surface area (Å²) < 4.78 is 9.95. The standard InChI is InChI=1S/C16H26O6.H3N/c1-2-9-15(19)21-12-7-8-13-22-16(20)11-6-4-3-5-10-14(17)18;/h2,9H,3-8,10-13H2,1H3,(H,17,18);1H3. The average molecular weight is 331 g/mol. The lowest BCUT2D eigenvalue weighted by atomic mass is 10.1. The van der Waals surface area contributed by atoms with Gasteiger partial charge in [-0.2, -0.15) is 0 Å². The molecular formula is C16H29NO6. The molecule has 0 radical (unpaired) electrons. The molecule has 4 N–H and O–H groups in total. The van der Waals surface area contributed by atoms with Gasteiger partial charge in [0, 0.05) is 18.9 Å². The van der Waals surface area contributed by atoms with Gasteiger partial charge in [0.15, 0.2) is 0 Å². The van der Waals surface area contributed by atoms with Crippen LogP contribution in [0.2, 0.25) is 0 Å². The van der Waals surface area contributed by atoms with Crippen LogP contribution in [-0.2, 0) is 23.9 Å². The molecule has 23 heavy (non-hydrogen) atoms. The van der Waals surface area contributed by atoms with Crippen molar-refractivity contribution < 1.29 is 29.0 Å². The zero-order chi connectivity index (χ0) is 16.6. The van der Waals surface area contributed by atoms with Gasteiger partial charge in [-0.15, -0.1) is 0 Å². The van der Waals surface area contributed by atoms with Crippen molar-refractivity contribution in [3.8, 4) is 0 Å². The number of allylic oxidation sites excluding steroid dienone is 1. The van der Waals surface area contributed by atoms with Crippen LogP contribution in [0.4, 0.5) is 0 Å². The molecule has 134 valence electrons. The van der Waals surface area contributed by atoms with Gasteiger partial charge in [0.1, 0.15) is 0 Å². The van der Waals surface area contributed by atoms with Crippen molar-refractivity contribution in [1.29, 1.82) is 0 Å². The van der Waals surface area contributed by atoms with Gasteiger partial charge in [-0.05, 0) is 32.6 Å². The molecule has 0 amide bonds. The van der Waals surface area contributed by atoms with Crippen LogP contribution in [0.5, 0.6) is 0 Å². The van der Waals surface area contributed by atoms with E-state index in [-0.39, 0.29) is 24.5 Å². The fourth-order valence-corrected chi connectivity index (χ4v) is 1.72. The molecule has 0 atom stereocenters. The first-order chi connectivity index (χ1) is 10.6. The Morgan fingerprint density at radius 3 is 2.00 bits per heavy atom. The number of hydrogen-bond acceptors (Lipinski definition) is 6. The molecule has 0 aromatic heterocycles. The Balaban J connectivity index is 0. The lowest BCUT2D eigenvalue weighted by molar-refractivity contribution is -0.144. The maximum Gasteiger partial charge on any atom is 0.330 e. The van der Waals surface area contributed by atoms with Crippen molar-refractivity contribution >= 4 is 17.9 Å². The fraction of sp³-hybridized carbons (Fsp3) is 0.688. The Hall–Kier alpha value is -1.89. The van der Waals surface area contributed by atoms with Crippen LogP contribution in [0.25, 0.3) is 0 Å². The normalized spacial score (nSPS) is 10.1. The molecule has 0 aliphatic carbocycles. The molecule has 7 nitrogen and oxygen atoms in total. The number of carbonyl (C=O) groups excluding carboxylic acids is 2. The summed E-state index contributed by atoms with van der Waals surface area (Å²) in [6.07, 6.45) is 7.87. The van der Waals surface area contributed by atoms with Gasteiger partial charge in [0.05, 0.1) is 13.2 Å². The SMILES string of the molecule is CC=CC(=O)OCCCCOC(=O)CCCCCCC(=O)O.N. The van der Waals surface area contributed by atoms with E-state index in [9.17, 15) is 14.4 Å². The second-order valence-corrected chi connectivity index (χ2v) is 4.90. The molecule has 0 aromatic rings. The Kier molecular flexibility index (Phi) is 16.8. The van der Waals surface area contributed by atoms with E-state index >= 15 is 0 Å². The van der Waals surface area contributed by atoms with Crippen molar-refractivity contribution in [2.75, 3.05) is 13.2 Å². The summed E-state index contributed by atoms with van der Waals surface area (Å²) >= 11 is 0. The summed E-state index contributed by atoms with van der Waals surface area (Å²) in [6.45, 7) is 2.40. The Bertz CT molecular complexity index is 368. The van der Waals surface area contributed by atoms with Crippen molar-refractivity contribution in [2.24, 2.45) is 0 Å². The van der Waals surface area contributed by atoms with E-state index in [4.69, 9.17) is 14.6 Å². The van der Waals surface area contributed by atoms with Crippen molar-refractivity contribution in [3.63, 3.8) is 0 Å². The van der Waals surface area contributed by atoms with Gasteiger partial charge in [0.2, 0.25) is 0 Å². The molecule has 0 heterocycles. The van der Waals surface area contributed by atoms with Crippen LogP contribution in [0.1, 0.15) is 58.3 Å². The highest BCUT2D eigenvalue weighted by atomic mass is 16.5. The monoisotopic (exact) mass is 331 g/mol. The predicted molar refractivity (Wildman–Crippen MR) is 86.3 cm³/mol. The summed E-state index contributed by atoms with van der Waals surface area (Å²) in [6, 6.07) is 0. The third-order valence-corrected chi connectivity index (χ3v) is 2.87. The molecule has 0 saturated heterocycles. The molecular weight excluding hydrogens is 302 g/mol. The largest absolute Gasteiger partial charge is 0.481 e. The minimum atomic E-state index is -0.782. The lowest BCUT2D eigenvalue weighted by Gasteiger charge is -2.05. The number of carboxylic acid groups (broad SMARTS) is 1. The highest BCUT2D eigenvalue weighted by Gasteiger charge is 2.03. The van der Waals surface area contributed by atoms with Crippen LogP contribution in [-0.4, -0.2) is 36.2 Å². The van der Waals surface area contributed by atoms with Crippen molar-refractivity contribution in [3.05, 3.63) is 12.2 Å². The quantitative estimate of drug-likeness (QED) is 0.302. The molecule has 0 unspecified atom stereocenters. The Morgan fingerprint density at radius 1 is 0.870 bits per heavy atom. The van der Waals surface area contributed by atoms with Crippen molar-refractivity contribution in [1.82, 2.24) is 6.15 Å². The van der Waals surface area contributed by atoms with Gasteiger partial charge in [-0.3, -0.25) is 9.59 Å². The maximum atomic E-state index is 11.4.